The average molecular weight is 560 g/mol. The predicted octanol–water partition coefficient (Wildman–Crippen LogP) is 2.13. The van der Waals surface area contributed by atoms with Crippen LogP contribution < -0.4 is 10.2 Å². The van der Waals surface area contributed by atoms with Gasteiger partial charge in [-0.1, -0.05) is 24.3 Å². The number of hydrogen-bond donors (Lipinski definition) is 2. The van der Waals surface area contributed by atoms with Crippen LogP contribution in [0.15, 0.2) is 30.3 Å². The van der Waals surface area contributed by atoms with E-state index in [0.29, 0.717) is 30.5 Å². The first-order valence-electron chi connectivity index (χ1n) is 15.3. The molecule has 0 bridgehead atoms. The molecule has 10 heteroatoms. The van der Waals surface area contributed by atoms with E-state index in [-0.39, 0.29) is 29.3 Å². The van der Waals surface area contributed by atoms with Gasteiger partial charge in [0.05, 0.1) is 6.10 Å². The summed E-state index contributed by atoms with van der Waals surface area (Å²) in [4.78, 5) is 43.2. The highest BCUT2D eigenvalue weighted by molar-refractivity contribution is 5.93. The number of nitrogens with zero attached hydrogens (tertiary/aromatic N) is 6. The Morgan fingerprint density at radius 1 is 1.00 bits per heavy atom. The third-order valence-corrected chi connectivity index (χ3v) is 9.99. The summed E-state index contributed by atoms with van der Waals surface area (Å²) < 4.78 is 0. The molecule has 0 radical (unpaired) electrons. The van der Waals surface area contributed by atoms with Gasteiger partial charge in [-0.05, 0) is 49.7 Å². The monoisotopic (exact) mass is 559 g/mol. The van der Waals surface area contributed by atoms with E-state index in [2.05, 4.69) is 39.4 Å². The van der Waals surface area contributed by atoms with Gasteiger partial charge in [0.2, 0.25) is 11.9 Å². The topological polar surface area (TPSA) is 105 Å². The van der Waals surface area contributed by atoms with Gasteiger partial charge in [0.15, 0.2) is 0 Å². The van der Waals surface area contributed by atoms with Gasteiger partial charge in [0.1, 0.15) is 11.5 Å². The zero-order valence-electron chi connectivity index (χ0n) is 24.0. The van der Waals surface area contributed by atoms with Crippen molar-refractivity contribution in [2.45, 2.75) is 70.2 Å². The number of carbonyl (C=O) groups excluding carboxylic acids is 2. The minimum atomic E-state index is -0.598. The number of anilines is 2. The molecule has 7 rings (SSSR count). The van der Waals surface area contributed by atoms with Crippen molar-refractivity contribution in [3.05, 3.63) is 47.2 Å². The number of aromatic nitrogens is 2. The van der Waals surface area contributed by atoms with Gasteiger partial charge >= 0.3 is 0 Å². The van der Waals surface area contributed by atoms with Crippen molar-refractivity contribution in [3.63, 3.8) is 0 Å². The first-order valence-corrected chi connectivity index (χ1v) is 15.3. The molecule has 41 heavy (non-hydrogen) atoms. The zero-order valence-corrected chi connectivity index (χ0v) is 24.0. The van der Waals surface area contributed by atoms with E-state index in [1.165, 1.54) is 11.1 Å². The summed E-state index contributed by atoms with van der Waals surface area (Å²) in [5, 5.41) is 14.8. The molecule has 1 saturated carbocycles. The molecular formula is C31H41N7O3. The largest absolute Gasteiger partial charge is 0.390 e. The Hall–Kier alpha value is -3.24. The van der Waals surface area contributed by atoms with Crippen LogP contribution >= 0.6 is 0 Å². The van der Waals surface area contributed by atoms with Crippen LogP contribution in [-0.2, 0) is 17.8 Å². The van der Waals surface area contributed by atoms with Gasteiger partial charge in [-0.15, -0.1) is 0 Å². The van der Waals surface area contributed by atoms with E-state index in [1.54, 1.807) is 17.9 Å². The summed E-state index contributed by atoms with van der Waals surface area (Å²) in [7, 11) is 0. The SMILES string of the molecule is CC(=O)N1CC2(CC(Nc3cc(C(=O)N4CC[C@@H](N5CCc6ccccc6C5)[C@H](O)C4)nc(N4CCCC4)n3)C2)C1. The van der Waals surface area contributed by atoms with Crippen LogP contribution in [0.5, 0.6) is 0 Å². The molecule has 3 saturated heterocycles. The second kappa shape index (κ2) is 10.5. The third kappa shape index (κ3) is 5.16. The van der Waals surface area contributed by atoms with Gasteiger partial charge in [-0.3, -0.25) is 14.5 Å². The quantitative estimate of drug-likeness (QED) is 0.574. The summed E-state index contributed by atoms with van der Waals surface area (Å²) in [6.45, 7) is 7.80. The van der Waals surface area contributed by atoms with Crippen LogP contribution in [0.1, 0.15) is 60.6 Å². The third-order valence-electron chi connectivity index (χ3n) is 9.99. The molecule has 1 aromatic heterocycles. The lowest BCUT2D eigenvalue weighted by molar-refractivity contribution is -0.147. The summed E-state index contributed by atoms with van der Waals surface area (Å²) >= 11 is 0. The average Bonchev–Trinajstić information content (AvgIpc) is 3.48. The second-order valence-electron chi connectivity index (χ2n) is 12.9. The Morgan fingerprint density at radius 3 is 2.49 bits per heavy atom. The summed E-state index contributed by atoms with van der Waals surface area (Å²) in [5.74, 6) is 1.31. The maximum atomic E-state index is 13.8. The van der Waals surface area contributed by atoms with Gasteiger partial charge in [-0.25, -0.2) is 4.98 Å². The number of carbonyl (C=O) groups is 2. The summed E-state index contributed by atoms with van der Waals surface area (Å²) in [5.41, 5.74) is 3.37. The van der Waals surface area contributed by atoms with Crippen LogP contribution in [0.25, 0.3) is 0 Å². The normalized spacial score (nSPS) is 26.0. The first kappa shape index (κ1) is 26.6. The molecule has 2 atom stereocenters. The Balaban J connectivity index is 1.02. The molecular weight excluding hydrogens is 518 g/mol. The number of fused-ring (bicyclic) bond motifs is 1. The van der Waals surface area contributed by atoms with Gasteiger partial charge in [0, 0.05) is 82.8 Å². The number of hydrogen-bond acceptors (Lipinski definition) is 8. The molecule has 0 unspecified atom stereocenters. The molecule has 5 aliphatic rings. The second-order valence-corrected chi connectivity index (χ2v) is 12.9. The molecule has 1 aromatic carbocycles. The minimum Gasteiger partial charge on any atom is -0.390 e. The molecule has 5 heterocycles. The number of aliphatic hydroxyl groups is 1. The predicted molar refractivity (Wildman–Crippen MR) is 156 cm³/mol. The fourth-order valence-corrected chi connectivity index (χ4v) is 7.71. The lowest BCUT2D eigenvalue weighted by Gasteiger charge is -2.59. The van der Waals surface area contributed by atoms with Crippen molar-refractivity contribution in [3.8, 4) is 0 Å². The molecule has 4 fully saturated rings. The molecule has 4 aliphatic heterocycles. The van der Waals surface area contributed by atoms with Gasteiger partial charge < -0.3 is 25.1 Å². The van der Waals surface area contributed by atoms with Crippen molar-refractivity contribution in [2.75, 3.05) is 56.0 Å². The molecule has 1 spiro atoms. The number of rotatable bonds is 5. The first-order chi connectivity index (χ1) is 19.9. The Bertz CT molecular complexity index is 1310. The van der Waals surface area contributed by atoms with E-state index in [9.17, 15) is 14.7 Å². The molecule has 10 nitrogen and oxygen atoms in total. The van der Waals surface area contributed by atoms with E-state index >= 15 is 0 Å². The van der Waals surface area contributed by atoms with Crippen LogP contribution in [0.4, 0.5) is 11.8 Å². The molecule has 2 N–H and O–H groups in total. The maximum absolute atomic E-state index is 13.8. The molecule has 1 aliphatic carbocycles. The van der Waals surface area contributed by atoms with Crippen molar-refractivity contribution in [1.82, 2.24) is 24.7 Å². The number of aliphatic hydroxyl groups excluding tert-OH is 1. The number of piperidine rings is 1. The van der Waals surface area contributed by atoms with E-state index in [1.807, 2.05) is 4.90 Å². The number of likely N-dealkylation sites (tertiary alicyclic amines) is 2. The standard InChI is InChI=1S/C31H41N7O3/c1-21(39)38-19-31(20-38)15-24(16-31)32-28-14-25(33-30(34-28)35-10-4-5-11-35)29(41)37-13-9-26(27(40)18-37)36-12-8-22-6-2-3-7-23(22)17-36/h2-3,6-7,14,24,26-27,40H,4-5,8-13,15-20H2,1H3,(H,32,33,34)/t26-,27-/m1/s1. The lowest BCUT2D eigenvalue weighted by Crippen LogP contribution is -2.65. The zero-order chi connectivity index (χ0) is 28.1. The van der Waals surface area contributed by atoms with Crippen LogP contribution in [0.2, 0.25) is 0 Å². The molecule has 218 valence electrons. The number of nitrogens with one attached hydrogen (secondary N) is 1. The fraction of sp³-hybridized carbons (Fsp3) is 0.613. The smallest absolute Gasteiger partial charge is 0.272 e. The number of amides is 2. The minimum absolute atomic E-state index is 0.0477. The van der Waals surface area contributed by atoms with Crippen molar-refractivity contribution >= 4 is 23.6 Å². The Labute approximate surface area is 241 Å². The molecule has 2 aromatic rings. The Morgan fingerprint density at radius 2 is 1.76 bits per heavy atom. The number of β-amino-alcohol motifs (C(OH)–C–C–N with tert-alkyl or cyclic N) is 1. The highest BCUT2D eigenvalue weighted by atomic mass is 16.3. The van der Waals surface area contributed by atoms with Crippen molar-refractivity contribution in [2.24, 2.45) is 5.41 Å². The van der Waals surface area contributed by atoms with E-state index in [0.717, 1.165) is 77.8 Å². The highest BCUT2D eigenvalue weighted by Crippen LogP contribution is 2.49. The summed E-state index contributed by atoms with van der Waals surface area (Å²) in [6, 6.07) is 10.7. The van der Waals surface area contributed by atoms with Crippen molar-refractivity contribution < 1.29 is 14.7 Å². The fourth-order valence-electron chi connectivity index (χ4n) is 7.71. The van der Waals surface area contributed by atoms with Crippen LogP contribution in [0.3, 0.4) is 0 Å². The van der Waals surface area contributed by atoms with Crippen molar-refractivity contribution in [1.29, 1.82) is 0 Å². The van der Waals surface area contributed by atoms with Crippen LogP contribution in [0, 0.1) is 5.41 Å². The summed E-state index contributed by atoms with van der Waals surface area (Å²) in [6.07, 6.45) is 5.35. The van der Waals surface area contributed by atoms with Crippen LogP contribution in [-0.4, -0.2) is 106 Å². The highest BCUT2D eigenvalue weighted by Gasteiger charge is 2.53. The van der Waals surface area contributed by atoms with Gasteiger partial charge in [0.25, 0.3) is 5.91 Å². The Kier molecular flexibility index (Phi) is 6.85. The maximum Gasteiger partial charge on any atom is 0.272 e. The van der Waals surface area contributed by atoms with Gasteiger partial charge in [-0.2, -0.15) is 4.98 Å². The lowest BCUT2D eigenvalue weighted by atomic mass is 9.60. The van der Waals surface area contributed by atoms with E-state index in [4.69, 9.17) is 9.97 Å². The van der Waals surface area contributed by atoms with E-state index < -0.39 is 6.10 Å². The molecule has 2 amide bonds. The number of benzene rings is 1.